The van der Waals surface area contributed by atoms with Gasteiger partial charge in [0.25, 0.3) is 0 Å². The normalized spacial score (nSPS) is 33.4. The largest absolute Gasteiger partial charge is 0.469 e. The van der Waals surface area contributed by atoms with Crippen molar-refractivity contribution in [2.24, 2.45) is 11.0 Å². The van der Waals surface area contributed by atoms with E-state index in [2.05, 4.69) is 14.8 Å². The number of esters is 1. The summed E-state index contributed by atoms with van der Waals surface area (Å²) in [5.74, 6) is -2.27. The lowest BCUT2D eigenvalue weighted by Crippen LogP contribution is -2.37. The zero-order valence-electron chi connectivity index (χ0n) is 10.9. The molecule has 0 unspecified atom stereocenters. The molecule has 2 aliphatic rings. The van der Waals surface area contributed by atoms with Gasteiger partial charge in [0.1, 0.15) is 12.1 Å². The lowest BCUT2D eigenvalue weighted by molar-refractivity contribution is -0.166. The average Bonchev–Trinajstić information content (AvgIpc) is 2.81. The van der Waals surface area contributed by atoms with Crippen LogP contribution in [0.1, 0.15) is 20.3 Å². The number of nitrogens with zero attached hydrogens (tertiary/aromatic N) is 3. The molecular formula is C11H15N3O5. The second kappa shape index (κ2) is 4.80. The summed E-state index contributed by atoms with van der Waals surface area (Å²) >= 11 is 0. The third kappa shape index (κ3) is 2.42. The smallest absolute Gasteiger partial charge is 0.315 e. The molecule has 0 aromatic carbocycles. The zero-order chi connectivity index (χ0) is 14.2. The number of carbonyl (C=O) groups excluding carboxylic acids is 2. The van der Waals surface area contributed by atoms with Gasteiger partial charge in [-0.25, -0.2) is 0 Å². The fourth-order valence-corrected chi connectivity index (χ4v) is 2.59. The molecule has 8 nitrogen and oxygen atoms in total. The summed E-state index contributed by atoms with van der Waals surface area (Å²) in [6.07, 6.45) is -1.22. The number of fused-ring (bicyclic) bond motifs is 1. The molecule has 104 valence electrons. The number of ether oxygens (including phenoxy) is 3. The molecule has 8 heteroatoms. The van der Waals surface area contributed by atoms with Crippen molar-refractivity contribution in [3.63, 3.8) is 0 Å². The van der Waals surface area contributed by atoms with Crippen LogP contribution in [0.25, 0.3) is 10.4 Å². The van der Waals surface area contributed by atoms with Gasteiger partial charge in [0, 0.05) is 17.3 Å². The van der Waals surface area contributed by atoms with Crippen LogP contribution in [0.3, 0.4) is 0 Å². The van der Waals surface area contributed by atoms with Gasteiger partial charge in [0.15, 0.2) is 11.6 Å². The first kappa shape index (κ1) is 13.8. The fraction of sp³-hybridized carbons (Fsp3) is 0.818. The van der Waals surface area contributed by atoms with Gasteiger partial charge < -0.3 is 14.2 Å². The Bertz CT molecular complexity index is 457. The number of hydrogen-bond donors (Lipinski definition) is 0. The standard InChI is InChI=1S/C11H15N3O5/c1-11(2)18-8-5(4-6(15)9(8)19-11)7(13-14-12)10(16)17-3/h5,7-9H,4H2,1-3H3/t5-,7+,8-,9+/m1/s1. The van der Waals surface area contributed by atoms with Crippen molar-refractivity contribution < 1.29 is 23.8 Å². The minimum absolute atomic E-state index is 0.0736. The van der Waals surface area contributed by atoms with E-state index in [9.17, 15) is 9.59 Å². The molecule has 0 N–H and O–H groups in total. The summed E-state index contributed by atoms with van der Waals surface area (Å²) in [7, 11) is 1.20. The van der Waals surface area contributed by atoms with Crippen molar-refractivity contribution in [3.8, 4) is 0 Å². The Kier molecular flexibility index (Phi) is 3.49. The second-order valence-corrected chi connectivity index (χ2v) is 5.03. The zero-order valence-corrected chi connectivity index (χ0v) is 10.9. The van der Waals surface area contributed by atoms with Gasteiger partial charge in [-0.2, -0.15) is 0 Å². The van der Waals surface area contributed by atoms with Crippen LogP contribution in [0.15, 0.2) is 5.11 Å². The van der Waals surface area contributed by atoms with Crippen molar-refractivity contribution in [3.05, 3.63) is 10.4 Å². The van der Waals surface area contributed by atoms with Crippen molar-refractivity contribution in [1.29, 1.82) is 0 Å². The molecule has 1 heterocycles. The molecule has 1 aliphatic carbocycles. The molecule has 2 rings (SSSR count). The molecule has 1 saturated carbocycles. The van der Waals surface area contributed by atoms with E-state index >= 15 is 0 Å². The van der Waals surface area contributed by atoms with Crippen molar-refractivity contribution >= 4 is 11.8 Å². The number of ketones is 1. The molecule has 0 aromatic rings. The molecule has 0 aromatic heterocycles. The van der Waals surface area contributed by atoms with Gasteiger partial charge in [0.05, 0.1) is 13.2 Å². The third-order valence-corrected chi connectivity index (χ3v) is 3.33. The first-order valence-electron chi connectivity index (χ1n) is 5.90. The molecule has 1 saturated heterocycles. The number of hydrogen-bond acceptors (Lipinski definition) is 6. The van der Waals surface area contributed by atoms with Gasteiger partial charge in [-0.3, -0.25) is 9.59 Å². The topological polar surface area (TPSA) is 111 Å². The van der Waals surface area contributed by atoms with Crippen molar-refractivity contribution in [2.45, 2.75) is 44.3 Å². The highest BCUT2D eigenvalue weighted by molar-refractivity contribution is 5.89. The van der Waals surface area contributed by atoms with Crippen LogP contribution in [-0.2, 0) is 23.8 Å². The molecule has 19 heavy (non-hydrogen) atoms. The third-order valence-electron chi connectivity index (χ3n) is 3.33. The number of azide groups is 1. The Balaban J connectivity index is 2.27. The molecule has 0 spiro atoms. The van der Waals surface area contributed by atoms with E-state index in [0.717, 1.165) is 0 Å². The minimum atomic E-state index is -1.08. The SMILES string of the molecule is COC(=O)[C@@H](N=[N+]=[N-])[C@H]1CC(=O)[C@@H]2OC(C)(C)O[C@H]12. The number of Topliss-reactive ketones (excluding diaryl/α,β-unsaturated/α-hetero) is 1. The van der Waals surface area contributed by atoms with Gasteiger partial charge >= 0.3 is 5.97 Å². The average molecular weight is 269 g/mol. The molecule has 0 radical (unpaired) electrons. The summed E-state index contributed by atoms with van der Waals surface area (Å²) in [5.41, 5.74) is 8.54. The highest BCUT2D eigenvalue weighted by Crippen LogP contribution is 2.41. The first-order chi connectivity index (χ1) is 8.89. The van der Waals surface area contributed by atoms with Gasteiger partial charge in [-0.1, -0.05) is 5.11 Å². The van der Waals surface area contributed by atoms with Crippen LogP contribution < -0.4 is 0 Å². The summed E-state index contributed by atoms with van der Waals surface area (Å²) in [6.45, 7) is 3.38. The fourth-order valence-electron chi connectivity index (χ4n) is 2.59. The van der Waals surface area contributed by atoms with Crippen molar-refractivity contribution in [1.82, 2.24) is 0 Å². The van der Waals surface area contributed by atoms with Crippen LogP contribution in [-0.4, -0.2) is 42.9 Å². The molecule has 0 bridgehead atoms. The van der Waals surface area contributed by atoms with E-state index in [1.165, 1.54) is 7.11 Å². The molecule has 1 aliphatic heterocycles. The van der Waals surface area contributed by atoms with Crippen LogP contribution in [0.2, 0.25) is 0 Å². The maximum absolute atomic E-state index is 11.9. The summed E-state index contributed by atoms with van der Waals surface area (Å²) in [6, 6.07) is -1.08. The van der Waals surface area contributed by atoms with E-state index in [4.69, 9.17) is 15.0 Å². The Morgan fingerprint density at radius 2 is 2.26 bits per heavy atom. The lowest BCUT2D eigenvalue weighted by Gasteiger charge is -2.23. The van der Waals surface area contributed by atoms with Crippen LogP contribution >= 0.6 is 0 Å². The lowest BCUT2D eigenvalue weighted by atomic mass is 9.96. The summed E-state index contributed by atoms with van der Waals surface area (Å²) in [5, 5.41) is 3.44. The quantitative estimate of drug-likeness (QED) is 0.328. The highest BCUT2D eigenvalue weighted by atomic mass is 16.8. The van der Waals surface area contributed by atoms with E-state index in [-0.39, 0.29) is 12.2 Å². The number of methoxy groups -OCH3 is 1. The summed E-state index contributed by atoms with van der Waals surface area (Å²) in [4.78, 5) is 26.2. The Hall–Kier alpha value is -1.63. The summed E-state index contributed by atoms with van der Waals surface area (Å²) < 4.78 is 15.7. The predicted molar refractivity (Wildman–Crippen MR) is 61.9 cm³/mol. The molecule has 4 atom stereocenters. The van der Waals surface area contributed by atoms with Gasteiger partial charge in [0.2, 0.25) is 0 Å². The van der Waals surface area contributed by atoms with E-state index < -0.39 is 35.9 Å². The van der Waals surface area contributed by atoms with E-state index in [0.29, 0.717) is 0 Å². The monoisotopic (exact) mass is 269 g/mol. The van der Waals surface area contributed by atoms with Crippen LogP contribution in [0, 0.1) is 5.92 Å². The van der Waals surface area contributed by atoms with Crippen LogP contribution in [0.5, 0.6) is 0 Å². The van der Waals surface area contributed by atoms with E-state index in [1.54, 1.807) is 13.8 Å². The maximum atomic E-state index is 11.9. The maximum Gasteiger partial charge on any atom is 0.315 e. The second-order valence-electron chi connectivity index (χ2n) is 5.03. The predicted octanol–water partition coefficient (Wildman–Crippen LogP) is 0.947. The molecule has 0 amide bonds. The van der Waals surface area contributed by atoms with Gasteiger partial charge in [-0.05, 0) is 19.4 Å². The van der Waals surface area contributed by atoms with Crippen molar-refractivity contribution in [2.75, 3.05) is 7.11 Å². The highest BCUT2D eigenvalue weighted by Gasteiger charge is 2.56. The van der Waals surface area contributed by atoms with Crippen LogP contribution in [0.4, 0.5) is 0 Å². The first-order valence-corrected chi connectivity index (χ1v) is 5.90. The number of carbonyl (C=O) groups is 2. The Morgan fingerprint density at radius 3 is 2.84 bits per heavy atom. The van der Waals surface area contributed by atoms with Gasteiger partial charge in [-0.15, -0.1) is 0 Å². The van der Waals surface area contributed by atoms with E-state index in [1.807, 2.05) is 0 Å². The Morgan fingerprint density at radius 1 is 1.58 bits per heavy atom. The Labute approximate surface area is 109 Å². The molecular weight excluding hydrogens is 254 g/mol. The molecule has 2 fully saturated rings. The minimum Gasteiger partial charge on any atom is -0.469 e. The number of rotatable bonds is 3.